The van der Waals surface area contributed by atoms with Crippen molar-refractivity contribution in [3.8, 4) is 0 Å². The van der Waals surface area contributed by atoms with Crippen LogP contribution in [-0.4, -0.2) is 23.6 Å². The molecular weight excluding hydrogens is 166 g/mol. The number of amides is 1. The number of halogens is 1. The van der Waals surface area contributed by atoms with Gasteiger partial charge >= 0.3 is 0 Å². The second-order valence-electron chi connectivity index (χ2n) is 2.51. The van der Waals surface area contributed by atoms with E-state index in [2.05, 4.69) is 5.32 Å². The van der Waals surface area contributed by atoms with Crippen molar-refractivity contribution < 1.29 is 9.59 Å². The van der Waals surface area contributed by atoms with Crippen LogP contribution in [0.4, 0.5) is 0 Å². The highest BCUT2D eigenvalue weighted by Gasteiger charge is 2.07. The normalized spacial score (nSPS) is 12.3. The molecule has 0 aromatic heterocycles. The summed E-state index contributed by atoms with van der Waals surface area (Å²) in [5.41, 5.74) is 0. The van der Waals surface area contributed by atoms with Crippen LogP contribution in [0.5, 0.6) is 0 Å². The molecule has 0 aromatic rings. The van der Waals surface area contributed by atoms with Gasteiger partial charge in [0, 0.05) is 12.5 Å². The zero-order valence-corrected chi connectivity index (χ0v) is 7.44. The maximum atomic E-state index is 10.6. The minimum Gasteiger partial charge on any atom is -0.352 e. The Morgan fingerprint density at radius 1 is 1.55 bits per heavy atom. The Morgan fingerprint density at radius 2 is 2.09 bits per heavy atom. The van der Waals surface area contributed by atoms with Crippen molar-refractivity contribution in [3.05, 3.63) is 0 Å². The molecule has 0 radical (unpaired) electrons. The molecule has 0 aliphatic rings. The van der Waals surface area contributed by atoms with Crippen LogP contribution in [0.1, 0.15) is 20.3 Å². The van der Waals surface area contributed by atoms with Crippen LogP contribution in [0, 0.1) is 0 Å². The molecule has 0 aliphatic heterocycles. The minimum absolute atomic E-state index is 0.0533. The molecule has 4 heteroatoms. The first-order chi connectivity index (χ1) is 5.06. The van der Waals surface area contributed by atoms with Crippen LogP contribution in [0.3, 0.4) is 0 Å². The van der Waals surface area contributed by atoms with Gasteiger partial charge in [-0.3, -0.25) is 9.59 Å². The molecule has 0 fully saturated rings. The van der Waals surface area contributed by atoms with Crippen molar-refractivity contribution in [3.63, 3.8) is 0 Å². The van der Waals surface area contributed by atoms with Gasteiger partial charge in [0.25, 0.3) is 0 Å². The van der Waals surface area contributed by atoms with Crippen LogP contribution >= 0.6 is 11.6 Å². The SMILES string of the molecule is CC(=O)CC(C)NC(=O)CCl. The number of ketones is 1. The summed E-state index contributed by atoms with van der Waals surface area (Å²) in [4.78, 5) is 21.2. The molecule has 0 heterocycles. The predicted molar refractivity (Wildman–Crippen MR) is 43.6 cm³/mol. The number of hydrogen-bond donors (Lipinski definition) is 1. The number of alkyl halides is 1. The number of carbonyl (C=O) groups is 2. The lowest BCUT2D eigenvalue weighted by Crippen LogP contribution is -2.34. The van der Waals surface area contributed by atoms with Gasteiger partial charge in [-0.25, -0.2) is 0 Å². The number of hydrogen-bond acceptors (Lipinski definition) is 2. The molecule has 0 saturated heterocycles. The summed E-state index contributed by atoms with van der Waals surface area (Å²) in [6.07, 6.45) is 0.364. The predicted octanol–water partition coefficient (Wildman–Crippen LogP) is 0.709. The zero-order chi connectivity index (χ0) is 8.85. The Labute approximate surface area is 71.1 Å². The van der Waals surface area contributed by atoms with Crippen molar-refractivity contribution in [2.24, 2.45) is 0 Å². The summed E-state index contributed by atoms with van der Waals surface area (Å²) in [7, 11) is 0. The molecule has 0 saturated carbocycles. The van der Waals surface area contributed by atoms with E-state index in [4.69, 9.17) is 11.6 Å². The van der Waals surface area contributed by atoms with Gasteiger partial charge in [0.1, 0.15) is 11.7 Å². The largest absolute Gasteiger partial charge is 0.352 e. The van der Waals surface area contributed by atoms with Gasteiger partial charge < -0.3 is 5.32 Å². The molecule has 3 nitrogen and oxygen atoms in total. The van der Waals surface area contributed by atoms with E-state index in [1.54, 1.807) is 6.92 Å². The number of rotatable bonds is 4. The number of carbonyl (C=O) groups excluding carboxylic acids is 2. The van der Waals surface area contributed by atoms with Crippen LogP contribution in [0.2, 0.25) is 0 Å². The Morgan fingerprint density at radius 3 is 2.45 bits per heavy atom. The highest BCUT2D eigenvalue weighted by molar-refractivity contribution is 6.27. The molecule has 0 rings (SSSR count). The lowest BCUT2D eigenvalue weighted by atomic mass is 10.2. The zero-order valence-electron chi connectivity index (χ0n) is 6.69. The van der Waals surface area contributed by atoms with E-state index in [-0.39, 0.29) is 23.6 Å². The van der Waals surface area contributed by atoms with Gasteiger partial charge in [-0.1, -0.05) is 0 Å². The monoisotopic (exact) mass is 177 g/mol. The molecule has 1 atom stereocenters. The quantitative estimate of drug-likeness (QED) is 0.643. The lowest BCUT2D eigenvalue weighted by molar-refractivity contribution is -0.120. The topological polar surface area (TPSA) is 46.2 Å². The first kappa shape index (κ1) is 10.4. The van der Waals surface area contributed by atoms with Crippen LogP contribution in [0.15, 0.2) is 0 Å². The van der Waals surface area contributed by atoms with E-state index in [1.807, 2.05) is 0 Å². The van der Waals surface area contributed by atoms with Crippen molar-refractivity contribution >= 4 is 23.3 Å². The maximum Gasteiger partial charge on any atom is 0.235 e. The summed E-state index contributed by atoms with van der Waals surface area (Å²) in [6, 6.07) is -0.112. The molecule has 11 heavy (non-hydrogen) atoms. The molecule has 0 aromatic carbocycles. The number of Topliss-reactive ketones (excluding diaryl/α,β-unsaturated/α-hetero) is 1. The van der Waals surface area contributed by atoms with Gasteiger partial charge in [-0.15, -0.1) is 11.6 Å². The summed E-state index contributed by atoms with van der Waals surface area (Å²) < 4.78 is 0. The summed E-state index contributed by atoms with van der Waals surface area (Å²) in [5.74, 6) is -0.227. The Bertz CT molecular complexity index is 159. The molecule has 64 valence electrons. The van der Waals surface area contributed by atoms with Crippen molar-refractivity contribution in [2.45, 2.75) is 26.3 Å². The molecular formula is C7H12ClNO2. The van der Waals surface area contributed by atoms with Crippen LogP contribution < -0.4 is 5.32 Å². The highest BCUT2D eigenvalue weighted by Crippen LogP contribution is 1.91. The third-order valence-corrected chi connectivity index (χ3v) is 1.37. The fourth-order valence-corrected chi connectivity index (χ4v) is 0.873. The Balaban J connectivity index is 3.60. The van der Waals surface area contributed by atoms with E-state index in [0.29, 0.717) is 6.42 Å². The first-order valence-corrected chi connectivity index (χ1v) is 3.94. The lowest BCUT2D eigenvalue weighted by Gasteiger charge is -2.09. The van der Waals surface area contributed by atoms with Crippen LogP contribution in [0.25, 0.3) is 0 Å². The maximum absolute atomic E-state index is 10.6. The molecule has 1 unspecified atom stereocenters. The van der Waals surface area contributed by atoms with Gasteiger partial charge in [0.05, 0.1) is 0 Å². The van der Waals surface area contributed by atoms with Crippen LogP contribution in [-0.2, 0) is 9.59 Å². The van der Waals surface area contributed by atoms with E-state index >= 15 is 0 Å². The van der Waals surface area contributed by atoms with Gasteiger partial charge in [-0.05, 0) is 13.8 Å². The summed E-state index contributed by atoms with van der Waals surface area (Å²) >= 11 is 5.24. The van der Waals surface area contributed by atoms with Crippen molar-refractivity contribution in [2.75, 3.05) is 5.88 Å². The summed E-state index contributed by atoms with van der Waals surface area (Å²) in [5, 5.41) is 2.57. The van der Waals surface area contributed by atoms with E-state index in [9.17, 15) is 9.59 Å². The average Bonchev–Trinajstić information content (AvgIpc) is 1.85. The standard InChI is InChI=1S/C7H12ClNO2/c1-5(3-6(2)10)9-7(11)4-8/h5H,3-4H2,1-2H3,(H,9,11). The summed E-state index contributed by atoms with van der Waals surface area (Å²) in [6.45, 7) is 3.26. The van der Waals surface area contributed by atoms with Gasteiger partial charge in [-0.2, -0.15) is 0 Å². The second kappa shape index (κ2) is 5.13. The van der Waals surface area contributed by atoms with E-state index < -0.39 is 0 Å². The molecule has 0 spiro atoms. The molecule has 1 N–H and O–H groups in total. The van der Waals surface area contributed by atoms with E-state index in [0.717, 1.165) is 0 Å². The molecule has 1 amide bonds. The Kier molecular flexibility index (Phi) is 4.86. The Hall–Kier alpha value is -0.570. The third-order valence-electron chi connectivity index (χ3n) is 1.12. The fourth-order valence-electron chi connectivity index (χ4n) is 0.796. The smallest absolute Gasteiger partial charge is 0.235 e. The number of nitrogens with one attached hydrogen (secondary N) is 1. The minimum atomic E-state index is -0.236. The third kappa shape index (κ3) is 5.85. The fraction of sp³-hybridized carbons (Fsp3) is 0.714. The average molecular weight is 178 g/mol. The van der Waals surface area contributed by atoms with Gasteiger partial charge in [0.2, 0.25) is 5.91 Å². The first-order valence-electron chi connectivity index (χ1n) is 3.41. The highest BCUT2D eigenvalue weighted by atomic mass is 35.5. The van der Waals surface area contributed by atoms with Gasteiger partial charge in [0.15, 0.2) is 0 Å². The van der Waals surface area contributed by atoms with E-state index in [1.165, 1.54) is 6.92 Å². The molecule has 0 bridgehead atoms. The van der Waals surface area contributed by atoms with Crippen molar-refractivity contribution in [1.29, 1.82) is 0 Å². The second-order valence-corrected chi connectivity index (χ2v) is 2.78. The van der Waals surface area contributed by atoms with Crippen molar-refractivity contribution in [1.82, 2.24) is 5.32 Å². The molecule has 0 aliphatic carbocycles.